The number of nitrogens with one attached hydrogen (secondary N) is 1. The van der Waals surface area contributed by atoms with E-state index < -0.39 is 10.0 Å². The molecule has 0 unspecified atom stereocenters. The van der Waals surface area contributed by atoms with Gasteiger partial charge in [-0.15, -0.1) is 0 Å². The molecule has 21 heavy (non-hydrogen) atoms. The maximum absolute atomic E-state index is 12.4. The van der Waals surface area contributed by atoms with Crippen LogP contribution in [0.5, 0.6) is 0 Å². The van der Waals surface area contributed by atoms with Crippen molar-refractivity contribution in [2.75, 3.05) is 11.3 Å². The highest BCUT2D eigenvalue weighted by Gasteiger charge is 2.29. The van der Waals surface area contributed by atoms with Gasteiger partial charge in [-0.25, -0.2) is 8.42 Å². The molecule has 0 aliphatic heterocycles. The molecular formula is C15H18ClNO3S. The number of sulfonamides is 1. The van der Waals surface area contributed by atoms with Gasteiger partial charge in [0.05, 0.1) is 17.5 Å². The first-order valence-electron chi connectivity index (χ1n) is 6.94. The lowest BCUT2D eigenvalue weighted by Gasteiger charge is -2.14. The lowest BCUT2D eigenvalue weighted by atomic mass is 10.2. The second-order valence-corrected chi connectivity index (χ2v) is 7.42. The summed E-state index contributed by atoms with van der Waals surface area (Å²) in [4.78, 5) is 0. The molecule has 1 fully saturated rings. The lowest BCUT2D eigenvalue weighted by molar-refractivity contribution is 0.305. The van der Waals surface area contributed by atoms with Crippen LogP contribution >= 0.6 is 11.6 Å². The van der Waals surface area contributed by atoms with E-state index in [-0.39, 0.29) is 11.9 Å². The monoisotopic (exact) mass is 327 g/mol. The van der Waals surface area contributed by atoms with Gasteiger partial charge in [-0.05, 0) is 31.0 Å². The van der Waals surface area contributed by atoms with E-state index in [0.29, 0.717) is 35.5 Å². The highest BCUT2D eigenvalue weighted by atomic mass is 35.5. The van der Waals surface area contributed by atoms with Crippen LogP contribution in [-0.4, -0.2) is 25.4 Å². The minimum Gasteiger partial charge on any atom is -0.395 e. The van der Waals surface area contributed by atoms with Crippen molar-refractivity contribution < 1.29 is 13.5 Å². The summed E-state index contributed by atoms with van der Waals surface area (Å²) in [7, 11) is -3.41. The Morgan fingerprint density at radius 2 is 2.05 bits per heavy atom. The van der Waals surface area contributed by atoms with E-state index in [4.69, 9.17) is 16.7 Å². The first-order chi connectivity index (χ1) is 10.0. The summed E-state index contributed by atoms with van der Waals surface area (Å²) < 4.78 is 27.3. The third kappa shape index (κ3) is 4.37. The van der Waals surface area contributed by atoms with E-state index in [2.05, 4.69) is 16.6 Å². The minimum atomic E-state index is -3.41. The Bertz CT molecular complexity index is 655. The first-order valence-corrected chi connectivity index (χ1v) is 8.86. The SMILES string of the molecule is O=S(=O)(Nc1cc(Cl)ccc1C#CCCO)C1CCCC1. The van der Waals surface area contributed by atoms with Crippen LogP contribution in [0.1, 0.15) is 37.7 Å². The number of hydrogen-bond donors (Lipinski definition) is 2. The molecule has 6 heteroatoms. The molecule has 0 aromatic heterocycles. The molecule has 1 saturated carbocycles. The van der Waals surface area contributed by atoms with Gasteiger partial charge in [0.1, 0.15) is 0 Å². The molecule has 4 nitrogen and oxygen atoms in total. The summed E-state index contributed by atoms with van der Waals surface area (Å²) in [6.45, 7) is -0.0241. The fraction of sp³-hybridized carbons (Fsp3) is 0.467. The van der Waals surface area contributed by atoms with Gasteiger partial charge in [-0.1, -0.05) is 36.3 Å². The van der Waals surface area contributed by atoms with Crippen LogP contribution in [0.25, 0.3) is 0 Å². The normalized spacial score (nSPS) is 15.5. The van der Waals surface area contributed by atoms with Crippen LogP contribution in [0, 0.1) is 11.8 Å². The lowest BCUT2D eigenvalue weighted by Crippen LogP contribution is -2.25. The highest BCUT2D eigenvalue weighted by molar-refractivity contribution is 7.93. The molecule has 0 saturated heterocycles. The molecule has 2 rings (SSSR count). The summed E-state index contributed by atoms with van der Waals surface area (Å²) in [5, 5.41) is 8.87. The summed E-state index contributed by atoms with van der Waals surface area (Å²) in [6, 6.07) is 4.91. The third-order valence-electron chi connectivity index (χ3n) is 3.43. The van der Waals surface area contributed by atoms with E-state index in [1.165, 1.54) is 0 Å². The fourth-order valence-electron chi connectivity index (χ4n) is 2.36. The summed E-state index contributed by atoms with van der Waals surface area (Å²) in [5.41, 5.74) is 0.967. The van der Waals surface area contributed by atoms with Crippen LogP contribution in [0.2, 0.25) is 5.02 Å². The van der Waals surface area contributed by atoms with Crippen LogP contribution in [-0.2, 0) is 10.0 Å². The van der Waals surface area contributed by atoms with Crippen LogP contribution < -0.4 is 4.72 Å². The fourth-order valence-corrected chi connectivity index (χ4v) is 4.13. The smallest absolute Gasteiger partial charge is 0.235 e. The topological polar surface area (TPSA) is 66.4 Å². The third-order valence-corrected chi connectivity index (χ3v) is 5.52. The van der Waals surface area contributed by atoms with E-state index in [9.17, 15) is 8.42 Å². The van der Waals surface area contributed by atoms with Crippen molar-refractivity contribution in [3.05, 3.63) is 28.8 Å². The number of aliphatic hydroxyl groups is 1. The average molecular weight is 328 g/mol. The molecule has 1 aliphatic carbocycles. The van der Waals surface area contributed by atoms with Crippen molar-refractivity contribution >= 4 is 27.3 Å². The van der Waals surface area contributed by atoms with Crippen molar-refractivity contribution in [1.82, 2.24) is 0 Å². The molecule has 0 bridgehead atoms. The molecular weight excluding hydrogens is 310 g/mol. The largest absolute Gasteiger partial charge is 0.395 e. The Balaban J connectivity index is 2.26. The Hall–Kier alpha value is -1.22. The van der Waals surface area contributed by atoms with Crippen molar-refractivity contribution in [3.8, 4) is 11.8 Å². The Morgan fingerprint density at radius 1 is 1.33 bits per heavy atom. The van der Waals surface area contributed by atoms with Crippen LogP contribution in [0.3, 0.4) is 0 Å². The molecule has 0 heterocycles. The molecule has 0 spiro atoms. The number of rotatable bonds is 4. The molecule has 1 aliphatic rings. The standard InChI is InChI=1S/C15H18ClNO3S/c16-13-9-8-12(5-3-4-10-18)15(11-13)17-21(19,20)14-6-1-2-7-14/h8-9,11,14,17-18H,1-2,4,6-7,10H2. The molecule has 0 radical (unpaired) electrons. The number of aliphatic hydroxyl groups excluding tert-OH is 1. The van der Waals surface area contributed by atoms with Crippen LogP contribution in [0.15, 0.2) is 18.2 Å². The molecule has 0 amide bonds. The zero-order valence-electron chi connectivity index (χ0n) is 11.6. The number of anilines is 1. The zero-order chi connectivity index (χ0) is 15.3. The molecule has 0 atom stereocenters. The van der Waals surface area contributed by atoms with Gasteiger partial charge in [-0.3, -0.25) is 4.72 Å². The van der Waals surface area contributed by atoms with Crippen molar-refractivity contribution in [3.63, 3.8) is 0 Å². The van der Waals surface area contributed by atoms with Crippen molar-refractivity contribution in [2.45, 2.75) is 37.4 Å². The molecule has 2 N–H and O–H groups in total. The number of halogens is 1. The van der Waals surface area contributed by atoms with Crippen LogP contribution in [0.4, 0.5) is 5.69 Å². The van der Waals surface area contributed by atoms with Gasteiger partial charge in [0, 0.05) is 17.0 Å². The molecule has 1 aromatic rings. The van der Waals surface area contributed by atoms with Gasteiger partial charge in [0.25, 0.3) is 0 Å². The Morgan fingerprint density at radius 3 is 2.71 bits per heavy atom. The maximum atomic E-state index is 12.4. The van der Waals surface area contributed by atoms with Gasteiger partial charge in [0.2, 0.25) is 10.0 Å². The van der Waals surface area contributed by atoms with Crippen molar-refractivity contribution in [1.29, 1.82) is 0 Å². The Labute approximate surface area is 130 Å². The van der Waals surface area contributed by atoms with Gasteiger partial charge >= 0.3 is 0 Å². The Kier molecular flexibility index (Phi) is 5.51. The van der Waals surface area contributed by atoms with E-state index in [1.54, 1.807) is 18.2 Å². The van der Waals surface area contributed by atoms with E-state index in [0.717, 1.165) is 12.8 Å². The summed E-state index contributed by atoms with van der Waals surface area (Å²) in [5.74, 6) is 5.65. The highest BCUT2D eigenvalue weighted by Crippen LogP contribution is 2.28. The maximum Gasteiger partial charge on any atom is 0.235 e. The van der Waals surface area contributed by atoms with E-state index >= 15 is 0 Å². The number of benzene rings is 1. The predicted octanol–water partition coefficient (Wildman–Crippen LogP) is 2.76. The minimum absolute atomic E-state index is 0.0241. The van der Waals surface area contributed by atoms with Gasteiger partial charge in [0.15, 0.2) is 0 Å². The van der Waals surface area contributed by atoms with Crippen molar-refractivity contribution in [2.24, 2.45) is 0 Å². The van der Waals surface area contributed by atoms with Gasteiger partial charge in [-0.2, -0.15) is 0 Å². The van der Waals surface area contributed by atoms with Gasteiger partial charge < -0.3 is 5.11 Å². The average Bonchev–Trinajstić information content (AvgIpc) is 2.96. The predicted molar refractivity (Wildman–Crippen MR) is 84.8 cm³/mol. The molecule has 1 aromatic carbocycles. The summed E-state index contributed by atoms with van der Waals surface area (Å²) >= 11 is 5.94. The zero-order valence-corrected chi connectivity index (χ0v) is 13.2. The molecule has 114 valence electrons. The quantitative estimate of drug-likeness (QED) is 0.836. The van der Waals surface area contributed by atoms with E-state index in [1.807, 2.05) is 0 Å². The number of hydrogen-bond acceptors (Lipinski definition) is 3. The first kappa shape index (κ1) is 16.2. The second kappa shape index (κ2) is 7.17. The second-order valence-electron chi connectivity index (χ2n) is 5.02. The summed E-state index contributed by atoms with van der Waals surface area (Å²) in [6.07, 6.45) is 3.63.